The van der Waals surface area contributed by atoms with E-state index in [4.69, 9.17) is 14.2 Å². The Hall–Kier alpha value is -2.20. The number of piperidine rings is 2. The van der Waals surface area contributed by atoms with E-state index in [1.807, 2.05) is 0 Å². The van der Waals surface area contributed by atoms with Gasteiger partial charge in [-0.05, 0) is 74.9 Å². The van der Waals surface area contributed by atoms with Crippen molar-refractivity contribution in [2.24, 2.45) is 5.41 Å². The predicted octanol–water partition coefficient (Wildman–Crippen LogP) is 5.17. The summed E-state index contributed by atoms with van der Waals surface area (Å²) < 4.78 is 55.2. The van der Waals surface area contributed by atoms with Crippen molar-refractivity contribution in [2.75, 3.05) is 27.1 Å². The van der Waals surface area contributed by atoms with Crippen molar-refractivity contribution in [3.8, 4) is 5.75 Å². The lowest BCUT2D eigenvalue weighted by molar-refractivity contribution is -0.297. The molecule has 6 nitrogen and oxygen atoms in total. The summed E-state index contributed by atoms with van der Waals surface area (Å²) in [5.74, 6) is 0.917. The smallest absolute Gasteiger partial charge is 0.433 e. The van der Waals surface area contributed by atoms with Crippen molar-refractivity contribution >= 4 is 0 Å². The zero-order valence-electron chi connectivity index (χ0n) is 21.9. The third-order valence-electron chi connectivity index (χ3n) is 8.92. The van der Waals surface area contributed by atoms with Gasteiger partial charge in [-0.2, -0.15) is 13.2 Å². The molecule has 1 N–H and O–H groups in total. The molecule has 0 bridgehead atoms. The SMILES string of the molecule is COCCOc1ccc(C(C)N2C3CCC34C(NCOCc3cccc(C(F)(F)F)n3)CC24)c(C)c1C. The number of alkyl halides is 3. The number of hydrogen-bond acceptors (Lipinski definition) is 6. The van der Waals surface area contributed by atoms with Gasteiger partial charge in [-0.1, -0.05) is 12.1 Å². The molecule has 5 atom stereocenters. The summed E-state index contributed by atoms with van der Waals surface area (Å²) in [5, 5.41) is 3.51. The Labute approximate surface area is 216 Å². The summed E-state index contributed by atoms with van der Waals surface area (Å²) in [6, 6.07) is 10.0. The minimum atomic E-state index is -4.45. The number of halogens is 3. The van der Waals surface area contributed by atoms with Crippen LogP contribution < -0.4 is 10.1 Å². The number of nitrogens with one attached hydrogen (secondary N) is 1. The van der Waals surface area contributed by atoms with Crippen molar-refractivity contribution in [2.45, 2.75) is 77.0 Å². The monoisotopic (exact) mass is 519 g/mol. The minimum absolute atomic E-state index is 0.0520. The van der Waals surface area contributed by atoms with E-state index in [1.54, 1.807) is 13.2 Å². The van der Waals surface area contributed by atoms with Crippen LogP contribution in [0.4, 0.5) is 13.2 Å². The molecule has 1 spiro atoms. The Balaban J connectivity index is 1.14. The van der Waals surface area contributed by atoms with Gasteiger partial charge < -0.3 is 14.2 Å². The van der Waals surface area contributed by atoms with Gasteiger partial charge in [-0.3, -0.25) is 10.2 Å². The topological polar surface area (TPSA) is 55.9 Å². The molecule has 2 saturated carbocycles. The van der Waals surface area contributed by atoms with Crippen LogP contribution in [0.25, 0.3) is 0 Å². The second-order valence-corrected chi connectivity index (χ2v) is 10.5. The van der Waals surface area contributed by atoms with Crippen LogP contribution in [-0.2, 0) is 22.3 Å². The summed E-state index contributed by atoms with van der Waals surface area (Å²) in [5.41, 5.74) is 3.52. The standard InChI is InChI=1S/C28H36F3N3O3/c1-17-18(2)22(37-13-12-35-4)9-8-21(17)19(3)34-25-10-11-27(25)24(14-26(27)34)32-16-36-15-20-6-5-7-23(33-20)28(29,30)31/h5-9,19,24-26,32H,10-16H2,1-4H3. The molecule has 2 heterocycles. The molecule has 0 amide bonds. The van der Waals surface area contributed by atoms with Crippen molar-refractivity contribution < 1.29 is 27.4 Å². The molecule has 202 valence electrons. The van der Waals surface area contributed by atoms with Crippen LogP contribution in [-0.4, -0.2) is 55.1 Å². The third-order valence-corrected chi connectivity index (χ3v) is 8.92. The summed E-state index contributed by atoms with van der Waals surface area (Å²) in [4.78, 5) is 6.35. The van der Waals surface area contributed by atoms with E-state index in [-0.39, 0.29) is 12.3 Å². The van der Waals surface area contributed by atoms with Crippen LogP contribution in [0.15, 0.2) is 30.3 Å². The number of pyridine rings is 1. The van der Waals surface area contributed by atoms with E-state index in [1.165, 1.54) is 35.6 Å². The second-order valence-electron chi connectivity index (χ2n) is 10.5. The van der Waals surface area contributed by atoms with Crippen LogP contribution in [0.1, 0.15) is 60.3 Å². The quantitative estimate of drug-likeness (QED) is 0.327. The molecule has 5 unspecified atom stereocenters. The molecule has 1 aromatic heterocycles. The maximum atomic E-state index is 12.9. The zero-order chi connectivity index (χ0) is 26.4. The van der Waals surface area contributed by atoms with Crippen LogP contribution in [0.5, 0.6) is 5.75 Å². The number of methoxy groups -OCH3 is 1. The summed E-state index contributed by atoms with van der Waals surface area (Å²) in [7, 11) is 1.67. The first-order valence-corrected chi connectivity index (χ1v) is 13.0. The summed E-state index contributed by atoms with van der Waals surface area (Å²) in [6.45, 7) is 8.08. The minimum Gasteiger partial charge on any atom is -0.491 e. The summed E-state index contributed by atoms with van der Waals surface area (Å²) >= 11 is 0. The molecule has 9 heteroatoms. The number of hydrogen-bond donors (Lipinski definition) is 1. The van der Waals surface area contributed by atoms with Gasteiger partial charge in [0.1, 0.15) is 18.1 Å². The predicted molar refractivity (Wildman–Crippen MR) is 133 cm³/mol. The highest BCUT2D eigenvalue weighted by Crippen LogP contribution is 2.69. The van der Waals surface area contributed by atoms with E-state index < -0.39 is 11.9 Å². The fourth-order valence-corrected chi connectivity index (χ4v) is 6.76. The van der Waals surface area contributed by atoms with Crippen molar-refractivity contribution in [1.82, 2.24) is 15.2 Å². The van der Waals surface area contributed by atoms with E-state index in [2.05, 4.69) is 48.1 Å². The van der Waals surface area contributed by atoms with Crippen LogP contribution in [0.3, 0.4) is 0 Å². The Bertz CT molecular complexity index is 1120. The van der Waals surface area contributed by atoms with Gasteiger partial charge in [0.2, 0.25) is 0 Å². The fourth-order valence-electron chi connectivity index (χ4n) is 6.76. The van der Waals surface area contributed by atoms with Gasteiger partial charge in [0.25, 0.3) is 0 Å². The molecule has 1 aliphatic heterocycles. The maximum Gasteiger partial charge on any atom is 0.433 e. The number of aromatic nitrogens is 1. The molecule has 0 radical (unpaired) electrons. The molecule has 37 heavy (non-hydrogen) atoms. The van der Waals surface area contributed by atoms with E-state index in [9.17, 15) is 13.2 Å². The van der Waals surface area contributed by atoms with Crippen molar-refractivity contribution in [1.29, 1.82) is 0 Å². The molecule has 3 fully saturated rings. The van der Waals surface area contributed by atoms with Gasteiger partial charge >= 0.3 is 6.18 Å². The van der Waals surface area contributed by atoms with Crippen molar-refractivity contribution in [3.63, 3.8) is 0 Å². The first kappa shape index (κ1) is 26.4. The Morgan fingerprint density at radius 1 is 1.14 bits per heavy atom. The molecule has 1 aromatic carbocycles. The fraction of sp³-hybridized carbons (Fsp3) is 0.607. The summed E-state index contributed by atoms with van der Waals surface area (Å²) in [6.07, 6.45) is -0.979. The first-order chi connectivity index (χ1) is 17.7. The van der Waals surface area contributed by atoms with Crippen molar-refractivity contribution in [3.05, 3.63) is 58.4 Å². The van der Waals surface area contributed by atoms with Crippen LogP contribution in [0.2, 0.25) is 0 Å². The highest BCUT2D eigenvalue weighted by atomic mass is 19.4. The van der Waals surface area contributed by atoms with E-state index in [0.29, 0.717) is 49.5 Å². The van der Waals surface area contributed by atoms with Gasteiger partial charge in [-0.25, -0.2) is 4.98 Å². The molecule has 2 aromatic rings. The lowest BCUT2D eigenvalue weighted by atomic mass is 9.40. The highest BCUT2D eigenvalue weighted by molar-refractivity contribution is 5.45. The van der Waals surface area contributed by atoms with Crippen LogP contribution >= 0.6 is 0 Å². The lowest BCUT2D eigenvalue weighted by Crippen LogP contribution is -2.89. The van der Waals surface area contributed by atoms with Gasteiger partial charge in [0.15, 0.2) is 0 Å². The Morgan fingerprint density at radius 3 is 2.62 bits per heavy atom. The van der Waals surface area contributed by atoms with E-state index >= 15 is 0 Å². The average molecular weight is 520 g/mol. The van der Waals surface area contributed by atoms with Crippen LogP contribution in [0, 0.1) is 19.3 Å². The first-order valence-electron chi connectivity index (χ1n) is 13.0. The number of nitrogens with zero attached hydrogens (tertiary/aromatic N) is 2. The van der Waals surface area contributed by atoms with E-state index in [0.717, 1.165) is 18.2 Å². The zero-order valence-corrected chi connectivity index (χ0v) is 21.9. The maximum absolute atomic E-state index is 12.9. The number of benzene rings is 1. The Kier molecular flexibility index (Phi) is 7.26. The average Bonchev–Trinajstić information content (AvgIpc) is 2.83. The number of rotatable bonds is 11. The van der Waals surface area contributed by atoms with Gasteiger partial charge in [-0.15, -0.1) is 0 Å². The molecule has 1 saturated heterocycles. The van der Waals surface area contributed by atoms with Gasteiger partial charge in [0, 0.05) is 36.7 Å². The molecule has 5 rings (SSSR count). The Morgan fingerprint density at radius 2 is 1.95 bits per heavy atom. The number of likely N-dealkylation sites (tertiary alicyclic amines) is 1. The molecule has 3 aliphatic rings. The normalized spacial score (nSPS) is 27.4. The molecular weight excluding hydrogens is 483 g/mol. The highest BCUT2D eigenvalue weighted by Gasteiger charge is 2.75. The number of ether oxygens (including phenoxy) is 3. The molecule has 2 aliphatic carbocycles. The lowest BCUT2D eigenvalue weighted by Gasteiger charge is -2.81. The van der Waals surface area contributed by atoms with Gasteiger partial charge in [0.05, 0.1) is 25.6 Å². The second kappa shape index (κ2) is 10.2. The molecular formula is C28H36F3N3O3. The largest absolute Gasteiger partial charge is 0.491 e. The third kappa shape index (κ3) is 4.54.